The Morgan fingerprint density at radius 1 is 0.825 bits per heavy atom. The van der Waals surface area contributed by atoms with Crippen LogP contribution in [0, 0.1) is 0 Å². The fourth-order valence-corrected chi connectivity index (χ4v) is 5.96. The van der Waals surface area contributed by atoms with Gasteiger partial charge < -0.3 is 14.5 Å². The van der Waals surface area contributed by atoms with Crippen molar-refractivity contribution in [3.8, 4) is 0 Å². The smallest absolute Gasteiger partial charge is 0.339 e. The van der Waals surface area contributed by atoms with Gasteiger partial charge in [0.25, 0.3) is 5.91 Å². The third-order valence-electron chi connectivity index (χ3n) is 8.03. The third-order valence-corrected chi connectivity index (χ3v) is 8.03. The van der Waals surface area contributed by atoms with E-state index in [1.54, 1.807) is 0 Å². The zero-order valence-corrected chi connectivity index (χ0v) is 22.8. The molecule has 1 saturated heterocycles. The number of para-hydroxylation sites is 1. The number of hydrogen-bond donors (Lipinski definition) is 0. The van der Waals surface area contributed by atoms with Gasteiger partial charge in [-0.3, -0.25) is 14.7 Å². The number of carbonyl (C=O) groups excluding carboxylic acids is 2. The molecule has 4 aromatic rings. The first-order valence-electron chi connectivity index (χ1n) is 14.0. The fourth-order valence-electron chi connectivity index (χ4n) is 5.96. The molecule has 7 heteroatoms. The number of ether oxygens (including phenoxy) is 1. The highest BCUT2D eigenvalue weighted by Crippen LogP contribution is 2.30. The van der Waals surface area contributed by atoms with E-state index in [0.717, 1.165) is 48.2 Å². The average molecular weight is 535 g/mol. The number of piperazine rings is 1. The first-order chi connectivity index (χ1) is 19.6. The van der Waals surface area contributed by atoms with E-state index < -0.39 is 5.97 Å². The van der Waals surface area contributed by atoms with Crippen LogP contribution in [0.3, 0.4) is 0 Å². The van der Waals surface area contributed by atoms with Crippen molar-refractivity contribution in [1.29, 1.82) is 0 Å². The largest absolute Gasteiger partial charge is 0.452 e. The van der Waals surface area contributed by atoms with E-state index in [-0.39, 0.29) is 18.6 Å². The zero-order chi connectivity index (χ0) is 27.5. The first kappa shape index (κ1) is 26.2. The van der Waals surface area contributed by atoms with Crippen molar-refractivity contribution in [3.63, 3.8) is 0 Å². The van der Waals surface area contributed by atoms with Crippen molar-refractivity contribution < 1.29 is 14.3 Å². The van der Waals surface area contributed by atoms with E-state index >= 15 is 0 Å². The van der Waals surface area contributed by atoms with Gasteiger partial charge in [0.1, 0.15) is 0 Å². The molecule has 2 aliphatic rings. The summed E-state index contributed by atoms with van der Waals surface area (Å²) < 4.78 is 5.68. The molecule has 0 bridgehead atoms. The summed E-state index contributed by atoms with van der Waals surface area (Å²) in [6, 6.07) is 28.8. The second-order valence-electron chi connectivity index (χ2n) is 10.6. The Balaban J connectivity index is 1.13. The van der Waals surface area contributed by atoms with Crippen LogP contribution in [0.15, 0.2) is 84.9 Å². The molecule has 1 amide bonds. The molecular weight excluding hydrogens is 500 g/mol. The van der Waals surface area contributed by atoms with Gasteiger partial charge in [0.05, 0.1) is 17.1 Å². The number of aromatic nitrogens is 1. The van der Waals surface area contributed by atoms with E-state index in [4.69, 9.17) is 9.72 Å². The van der Waals surface area contributed by atoms with Gasteiger partial charge in [-0.1, -0.05) is 78.9 Å². The number of likely N-dealkylation sites (N-methyl/N-ethyl adjacent to an activating group) is 1. The number of fused-ring (bicyclic) bond motifs is 2. The molecule has 3 aromatic carbocycles. The second-order valence-corrected chi connectivity index (χ2v) is 10.6. The highest BCUT2D eigenvalue weighted by Gasteiger charge is 2.30. The lowest BCUT2D eigenvalue weighted by molar-refractivity contribution is -0.136. The van der Waals surface area contributed by atoms with Gasteiger partial charge in [0.2, 0.25) is 0 Å². The molecule has 0 atom stereocenters. The minimum atomic E-state index is -0.453. The molecule has 1 fully saturated rings. The van der Waals surface area contributed by atoms with Crippen LogP contribution < -0.4 is 0 Å². The molecule has 40 heavy (non-hydrogen) atoms. The molecule has 0 N–H and O–H groups in total. The summed E-state index contributed by atoms with van der Waals surface area (Å²) in [4.78, 5) is 37.8. The first-order valence-corrected chi connectivity index (χ1v) is 14.0. The van der Waals surface area contributed by atoms with Crippen LogP contribution in [0.25, 0.3) is 10.9 Å². The molecule has 2 aliphatic heterocycles. The molecule has 0 unspecified atom stereocenters. The van der Waals surface area contributed by atoms with Crippen molar-refractivity contribution in [2.75, 3.05) is 46.4 Å². The summed E-state index contributed by atoms with van der Waals surface area (Å²) in [6.45, 7) is 3.92. The Morgan fingerprint density at radius 3 is 2.12 bits per heavy atom. The molecule has 0 radical (unpaired) electrons. The van der Waals surface area contributed by atoms with Crippen LogP contribution in [-0.2, 0) is 22.5 Å². The van der Waals surface area contributed by atoms with Crippen LogP contribution in [0.4, 0.5) is 0 Å². The minimum Gasteiger partial charge on any atom is -0.452 e. The maximum absolute atomic E-state index is 13.4. The number of rotatable bonds is 6. The number of benzene rings is 3. The molecule has 1 aromatic heterocycles. The van der Waals surface area contributed by atoms with Crippen molar-refractivity contribution in [3.05, 3.63) is 113 Å². The van der Waals surface area contributed by atoms with Crippen molar-refractivity contribution in [2.45, 2.75) is 19.0 Å². The number of hydrogen-bond acceptors (Lipinski definition) is 6. The number of esters is 1. The molecule has 0 saturated carbocycles. The quantitative estimate of drug-likeness (QED) is 0.344. The maximum atomic E-state index is 13.4. The van der Waals surface area contributed by atoms with Gasteiger partial charge in [-0.2, -0.15) is 0 Å². The van der Waals surface area contributed by atoms with Gasteiger partial charge in [0.15, 0.2) is 6.61 Å². The van der Waals surface area contributed by atoms with Gasteiger partial charge in [-0.25, -0.2) is 4.79 Å². The van der Waals surface area contributed by atoms with Crippen molar-refractivity contribution in [2.24, 2.45) is 0 Å². The molecule has 3 heterocycles. The lowest BCUT2D eigenvalue weighted by Crippen LogP contribution is -2.50. The van der Waals surface area contributed by atoms with Crippen LogP contribution in [-0.4, -0.2) is 77.9 Å². The Kier molecular flexibility index (Phi) is 7.58. The standard InChI is InChI=1S/C33H34N4O3/c1-35-17-16-29-27(22-35)31(26-14-8-9-15-28(26)34-29)33(39)40-23-30(38)36-18-20-37(21-19-36)32(24-10-4-2-5-11-24)25-12-6-3-7-13-25/h2-15,32H,16-23H2,1H3. The number of nitrogens with zero attached hydrogens (tertiary/aromatic N) is 4. The zero-order valence-electron chi connectivity index (χ0n) is 22.8. The van der Waals surface area contributed by atoms with Crippen LogP contribution in [0.1, 0.15) is 38.8 Å². The SMILES string of the molecule is CN1CCc2nc3ccccc3c(C(=O)OCC(=O)N3CCN(C(c4ccccc4)c4ccccc4)CC3)c2C1. The third kappa shape index (κ3) is 5.35. The predicted octanol–water partition coefficient (Wildman–Crippen LogP) is 4.31. The summed E-state index contributed by atoms with van der Waals surface area (Å²) in [5, 5.41) is 0.774. The second kappa shape index (κ2) is 11.6. The summed E-state index contributed by atoms with van der Waals surface area (Å²) >= 11 is 0. The maximum Gasteiger partial charge on any atom is 0.339 e. The van der Waals surface area contributed by atoms with E-state index in [0.29, 0.717) is 25.2 Å². The van der Waals surface area contributed by atoms with E-state index in [9.17, 15) is 9.59 Å². The summed E-state index contributed by atoms with van der Waals surface area (Å²) in [5.74, 6) is -0.612. The summed E-state index contributed by atoms with van der Waals surface area (Å²) in [5.41, 5.74) is 5.65. The van der Waals surface area contributed by atoms with E-state index in [1.807, 2.05) is 48.3 Å². The fraction of sp³-hybridized carbons (Fsp3) is 0.303. The van der Waals surface area contributed by atoms with Crippen molar-refractivity contribution in [1.82, 2.24) is 19.7 Å². The lowest BCUT2D eigenvalue weighted by Gasteiger charge is -2.39. The van der Waals surface area contributed by atoms with Crippen LogP contribution >= 0.6 is 0 Å². The Morgan fingerprint density at radius 2 is 1.45 bits per heavy atom. The topological polar surface area (TPSA) is 66.0 Å². The molecular formula is C33H34N4O3. The summed E-state index contributed by atoms with van der Waals surface area (Å²) in [7, 11) is 2.04. The Hall–Kier alpha value is -4.07. The Bertz CT molecular complexity index is 1460. The van der Waals surface area contributed by atoms with Gasteiger partial charge >= 0.3 is 5.97 Å². The van der Waals surface area contributed by atoms with Gasteiger partial charge in [-0.15, -0.1) is 0 Å². The summed E-state index contributed by atoms with van der Waals surface area (Å²) in [6.07, 6.45) is 0.785. The van der Waals surface area contributed by atoms with E-state index in [1.165, 1.54) is 11.1 Å². The molecule has 6 rings (SSSR count). The van der Waals surface area contributed by atoms with Crippen molar-refractivity contribution >= 4 is 22.8 Å². The number of carbonyl (C=O) groups is 2. The van der Waals surface area contributed by atoms with Crippen LogP contribution in [0.2, 0.25) is 0 Å². The molecule has 204 valence electrons. The lowest BCUT2D eigenvalue weighted by atomic mass is 9.96. The molecule has 7 nitrogen and oxygen atoms in total. The highest BCUT2D eigenvalue weighted by molar-refractivity contribution is 6.05. The number of pyridine rings is 1. The minimum absolute atomic E-state index is 0.127. The average Bonchev–Trinajstić information content (AvgIpc) is 3.00. The Labute approximate surface area is 235 Å². The van der Waals surface area contributed by atoms with Crippen LogP contribution in [0.5, 0.6) is 0 Å². The molecule has 0 aliphatic carbocycles. The monoisotopic (exact) mass is 534 g/mol. The molecule has 0 spiro atoms. The number of amides is 1. The normalized spacial score (nSPS) is 16.2. The van der Waals surface area contributed by atoms with E-state index in [2.05, 4.69) is 58.3 Å². The van der Waals surface area contributed by atoms with Gasteiger partial charge in [0, 0.05) is 62.3 Å². The van der Waals surface area contributed by atoms with Gasteiger partial charge in [-0.05, 0) is 24.2 Å². The predicted molar refractivity (Wildman–Crippen MR) is 155 cm³/mol. The highest BCUT2D eigenvalue weighted by atomic mass is 16.5.